The maximum absolute atomic E-state index is 12.3. The van der Waals surface area contributed by atoms with Gasteiger partial charge in [-0.25, -0.2) is 9.59 Å². The molecular formula is C17H21N3O7. The molecule has 10 heteroatoms. The van der Waals surface area contributed by atoms with Crippen molar-refractivity contribution in [3.05, 3.63) is 22.5 Å². The summed E-state index contributed by atoms with van der Waals surface area (Å²) in [5, 5.41) is 0. The van der Waals surface area contributed by atoms with E-state index in [0.29, 0.717) is 11.3 Å². The first kappa shape index (κ1) is 20.1. The van der Waals surface area contributed by atoms with Crippen LogP contribution in [0.15, 0.2) is 0 Å². The van der Waals surface area contributed by atoms with E-state index in [4.69, 9.17) is 9.47 Å². The first-order valence-electron chi connectivity index (χ1n) is 8.27. The summed E-state index contributed by atoms with van der Waals surface area (Å²) >= 11 is 0. The maximum Gasteiger partial charge on any atom is 0.340 e. The molecule has 0 aliphatic carbocycles. The largest absolute Gasteiger partial charge is 0.462 e. The van der Waals surface area contributed by atoms with E-state index in [0.717, 1.165) is 4.90 Å². The van der Waals surface area contributed by atoms with Crippen LogP contribution in [0.5, 0.6) is 0 Å². The number of nitrogens with one attached hydrogen (secondary N) is 1. The number of carbonyl (C=O) groups excluding carboxylic acids is 5. The molecule has 1 aliphatic heterocycles. The molecule has 3 amide bonds. The Morgan fingerprint density at radius 1 is 1.15 bits per heavy atom. The van der Waals surface area contributed by atoms with Crippen molar-refractivity contribution in [1.29, 1.82) is 0 Å². The number of Topliss-reactive ketones (excluding diaryl/α,β-unsaturated/α-hetero) is 1. The van der Waals surface area contributed by atoms with E-state index in [9.17, 15) is 24.0 Å². The molecule has 0 bridgehead atoms. The number of hydrogen-bond donors (Lipinski definition) is 1. The summed E-state index contributed by atoms with van der Waals surface area (Å²) in [6.45, 7) is 3.83. The number of aryl methyl sites for hydroxylation is 1. The van der Waals surface area contributed by atoms with Crippen LogP contribution in [0.2, 0.25) is 0 Å². The minimum absolute atomic E-state index is 0.109. The van der Waals surface area contributed by atoms with Crippen LogP contribution < -0.4 is 0 Å². The Bertz CT molecular complexity index is 812. The van der Waals surface area contributed by atoms with E-state index in [2.05, 4.69) is 4.98 Å². The van der Waals surface area contributed by atoms with Gasteiger partial charge in [0.2, 0.25) is 5.78 Å². The number of esters is 2. The molecule has 10 nitrogen and oxygen atoms in total. The molecule has 0 unspecified atom stereocenters. The Morgan fingerprint density at radius 2 is 1.81 bits per heavy atom. The second-order valence-corrected chi connectivity index (χ2v) is 6.05. The van der Waals surface area contributed by atoms with Crippen molar-refractivity contribution in [3.8, 4) is 0 Å². The molecule has 27 heavy (non-hydrogen) atoms. The second-order valence-electron chi connectivity index (χ2n) is 6.05. The quantitative estimate of drug-likeness (QED) is 0.413. The zero-order valence-electron chi connectivity index (χ0n) is 15.6. The van der Waals surface area contributed by atoms with Crippen LogP contribution in [-0.4, -0.2) is 77.8 Å². The van der Waals surface area contributed by atoms with Gasteiger partial charge in [-0.3, -0.25) is 19.3 Å². The number of aromatic nitrogens is 1. The van der Waals surface area contributed by atoms with Crippen molar-refractivity contribution in [3.63, 3.8) is 0 Å². The van der Waals surface area contributed by atoms with Gasteiger partial charge in [0.25, 0.3) is 5.91 Å². The summed E-state index contributed by atoms with van der Waals surface area (Å²) in [4.78, 5) is 64.2. The average molecular weight is 379 g/mol. The lowest BCUT2D eigenvalue weighted by molar-refractivity contribution is -0.145. The normalized spacial score (nSPS) is 13.9. The highest BCUT2D eigenvalue weighted by atomic mass is 16.5. The summed E-state index contributed by atoms with van der Waals surface area (Å²) < 4.78 is 9.83. The molecular weight excluding hydrogens is 358 g/mol. The monoisotopic (exact) mass is 379 g/mol. The van der Waals surface area contributed by atoms with Crippen molar-refractivity contribution in [2.24, 2.45) is 0 Å². The zero-order valence-corrected chi connectivity index (χ0v) is 15.6. The van der Waals surface area contributed by atoms with E-state index in [1.165, 1.54) is 11.9 Å². The molecule has 0 aromatic carbocycles. The highest BCUT2D eigenvalue weighted by Crippen LogP contribution is 2.19. The number of ether oxygens (including phenoxy) is 2. The average Bonchev–Trinajstić information content (AvgIpc) is 3.03. The number of imide groups is 1. The molecule has 1 aliphatic rings. The SMILES string of the molecule is CCOC(=O)c1c(C)[nH]c(C(=O)COC(=O)CN2C(=O)CN(C)C2=O)c1C. The molecule has 1 N–H and O–H groups in total. The molecule has 0 radical (unpaired) electrons. The highest BCUT2D eigenvalue weighted by Gasteiger charge is 2.35. The third-order valence-electron chi connectivity index (χ3n) is 4.08. The van der Waals surface area contributed by atoms with Gasteiger partial charge in [0, 0.05) is 12.7 Å². The fraction of sp³-hybridized carbons (Fsp3) is 0.471. The summed E-state index contributed by atoms with van der Waals surface area (Å²) in [6, 6.07) is -0.599. The van der Waals surface area contributed by atoms with Crippen molar-refractivity contribution in [1.82, 2.24) is 14.8 Å². The number of amides is 3. The summed E-state index contributed by atoms with van der Waals surface area (Å²) in [7, 11) is 1.44. The van der Waals surface area contributed by atoms with Crippen LogP contribution in [0.4, 0.5) is 4.79 Å². The van der Waals surface area contributed by atoms with Crippen LogP contribution in [0.3, 0.4) is 0 Å². The minimum Gasteiger partial charge on any atom is -0.462 e. The number of urea groups is 1. The van der Waals surface area contributed by atoms with E-state index < -0.39 is 42.8 Å². The number of hydrogen-bond acceptors (Lipinski definition) is 7. The number of ketones is 1. The van der Waals surface area contributed by atoms with Crippen LogP contribution >= 0.6 is 0 Å². The highest BCUT2D eigenvalue weighted by molar-refractivity contribution is 6.05. The molecule has 0 atom stereocenters. The van der Waals surface area contributed by atoms with Gasteiger partial charge in [-0.2, -0.15) is 0 Å². The number of aromatic amines is 1. The molecule has 1 fully saturated rings. The van der Waals surface area contributed by atoms with Crippen LogP contribution in [0.1, 0.15) is 39.0 Å². The molecule has 0 spiro atoms. The standard InChI is InChI=1S/C17H21N3O7/c1-5-26-16(24)14-9(2)15(18-10(14)3)11(21)8-27-13(23)7-20-12(22)6-19(4)17(20)25/h18H,5-8H2,1-4H3. The smallest absolute Gasteiger partial charge is 0.340 e. The molecule has 1 aromatic heterocycles. The van der Waals surface area contributed by atoms with Crippen molar-refractivity contribution in [2.45, 2.75) is 20.8 Å². The third kappa shape index (κ3) is 4.15. The third-order valence-corrected chi connectivity index (χ3v) is 4.08. The van der Waals surface area contributed by atoms with Crippen LogP contribution in [0, 0.1) is 13.8 Å². The minimum atomic E-state index is -0.883. The summed E-state index contributed by atoms with van der Waals surface area (Å²) in [6.07, 6.45) is 0. The second kappa shape index (κ2) is 8.02. The topological polar surface area (TPSA) is 126 Å². The van der Waals surface area contributed by atoms with Gasteiger partial charge in [-0.1, -0.05) is 0 Å². The van der Waals surface area contributed by atoms with E-state index in [-0.39, 0.29) is 24.4 Å². The van der Waals surface area contributed by atoms with Crippen molar-refractivity contribution < 1.29 is 33.4 Å². The first-order chi connectivity index (χ1) is 12.7. The fourth-order valence-electron chi connectivity index (χ4n) is 2.76. The molecule has 2 heterocycles. The van der Waals surface area contributed by atoms with Gasteiger partial charge in [0.15, 0.2) is 6.61 Å². The Hall–Kier alpha value is -3.17. The molecule has 2 rings (SSSR count). The number of nitrogens with zero attached hydrogens (tertiary/aromatic N) is 2. The molecule has 0 saturated carbocycles. The predicted octanol–water partition coefficient (Wildman–Crippen LogP) is 0.428. The predicted molar refractivity (Wildman–Crippen MR) is 91.3 cm³/mol. The van der Waals surface area contributed by atoms with E-state index >= 15 is 0 Å². The van der Waals surface area contributed by atoms with Gasteiger partial charge in [0.1, 0.15) is 13.1 Å². The number of H-pyrrole nitrogens is 1. The number of likely N-dealkylation sites (N-methyl/N-ethyl adjacent to an activating group) is 1. The molecule has 1 saturated heterocycles. The molecule has 1 aromatic rings. The summed E-state index contributed by atoms with van der Waals surface area (Å²) in [5.41, 5.74) is 1.27. The van der Waals surface area contributed by atoms with Crippen LogP contribution in [0.25, 0.3) is 0 Å². The lowest BCUT2D eigenvalue weighted by atomic mass is 10.1. The Kier molecular flexibility index (Phi) is 5.98. The first-order valence-corrected chi connectivity index (χ1v) is 8.27. The van der Waals surface area contributed by atoms with Gasteiger partial charge in [0.05, 0.1) is 17.9 Å². The van der Waals surface area contributed by atoms with Crippen molar-refractivity contribution >= 4 is 29.7 Å². The number of carbonyl (C=O) groups is 5. The van der Waals surface area contributed by atoms with Gasteiger partial charge in [-0.15, -0.1) is 0 Å². The number of rotatable bonds is 7. The lowest BCUT2D eigenvalue weighted by Gasteiger charge is -2.13. The van der Waals surface area contributed by atoms with Crippen molar-refractivity contribution in [2.75, 3.05) is 33.4 Å². The van der Waals surface area contributed by atoms with Gasteiger partial charge >= 0.3 is 18.0 Å². The van der Waals surface area contributed by atoms with E-state index in [1.54, 1.807) is 20.8 Å². The lowest BCUT2D eigenvalue weighted by Crippen LogP contribution is -2.37. The Balaban J connectivity index is 1.99. The Labute approximate surface area is 155 Å². The fourth-order valence-corrected chi connectivity index (χ4v) is 2.76. The van der Waals surface area contributed by atoms with Gasteiger partial charge in [-0.05, 0) is 26.3 Å². The Morgan fingerprint density at radius 3 is 2.37 bits per heavy atom. The summed E-state index contributed by atoms with van der Waals surface area (Å²) in [5.74, 6) is -2.49. The maximum atomic E-state index is 12.3. The van der Waals surface area contributed by atoms with Crippen LogP contribution in [-0.2, 0) is 19.1 Å². The molecule has 146 valence electrons. The van der Waals surface area contributed by atoms with E-state index in [1.807, 2.05) is 0 Å². The zero-order chi connectivity index (χ0) is 20.3. The van der Waals surface area contributed by atoms with Gasteiger partial charge < -0.3 is 19.4 Å².